The Kier molecular flexibility index (Phi) is 6.87. The topological polar surface area (TPSA) is 98.1 Å². The van der Waals surface area contributed by atoms with Crippen molar-refractivity contribution in [3.05, 3.63) is 108 Å². The third-order valence-corrected chi connectivity index (χ3v) is 4.84. The monoisotopic (exact) mass is 463 g/mol. The number of amides is 1. The Morgan fingerprint density at radius 3 is 2.59 bits per heavy atom. The number of nitrogens with one attached hydrogen (secondary N) is 2. The van der Waals surface area contributed by atoms with Gasteiger partial charge in [0.2, 0.25) is 0 Å². The lowest BCUT2D eigenvalue weighted by Gasteiger charge is -2.13. The fourth-order valence-corrected chi connectivity index (χ4v) is 3.18. The Labute approximate surface area is 193 Å². The van der Waals surface area contributed by atoms with Gasteiger partial charge < -0.3 is 19.9 Å². The second kappa shape index (κ2) is 10.3. The van der Waals surface area contributed by atoms with Crippen LogP contribution in [0.25, 0.3) is 5.69 Å². The molecular weight excluding hydrogens is 444 g/mol. The van der Waals surface area contributed by atoms with Crippen LogP contribution in [-0.4, -0.2) is 33.1 Å². The zero-order chi connectivity index (χ0) is 23.9. The second-order valence-corrected chi connectivity index (χ2v) is 7.07. The van der Waals surface area contributed by atoms with E-state index in [-0.39, 0.29) is 24.7 Å². The van der Waals surface area contributed by atoms with E-state index in [0.29, 0.717) is 16.8 Å². The summed E-state index contributed by atoms with van der Waals surface area (Å²) in [6.07, 6.45) is 6.36. The van der Waals surface area contributed by atoms with Gasteiger partial charge in [-0.15, -0.1) is 0 Å². The highest BCUT2D eigenvalue weighted by Crippen LogP contribution is 2.16. The Morgan fingerprint density at radius 1 is 0.971 bits per heavy atom. The lowest BCUT2D eigenvalue weighted by atomic mass is 10.2. The summed E-state index contributed by atoms with van der Waals surface area (Å²) in [4.78, 5) is 33.3. The number of para-hydroxylation sites is 1. The van der Waals surface area contributed by atoms with E-state index < -0.39 is 23.5 Å². The van der Waals surface area contributed by atoms with Gasteiger partial charge in [0, 0.05) is 25.1 Å². The standard InChI is InChI=1S/C24H19F2N5O3/c25-19-8-7-16(12-20(19)26)13-29-23(32)18-5-3-9-28-22(18)30-15-34-24(33)17-4-1-2-6-21(17)31-11-10-27-14-31/h1-12,14H,13,15H2,(H,28,30)(H,29,32). The average Bonchev–Trinajstić information content (AvgIpc) is 3.40. The summed E-state index contributed by atoms with van der Waals surface area (Å²) in [6.45, 7) is -0.248. The molecule has 2 heterocycles. The molecule has 0 bridgehead atoms. The highest BCUT2D eigenvalue weighted by Gasteiger charge is 2.16. The number of anilines is 1. The summed E-state index contributed by atoms with van der Waals surface area (Å²) >= 11 is 0. The van der Waals surface area contributed by atoms with Crippen LogP contribution in [0, 0.1) is 11.6 Å². The van der Waals surface area contributed by atoms with Crippen molar-refractivity contribution >= 4 is 17.7 Å². The number of pyridine rings is 1. The summed E-state index contributed by atoms with van der Waals surface area (Å²) in [5, 5.41) is 5.45. The van der Waals surface area contributed by atoms with Crippen molar-refractivity contribution in [1.29, 1.82) is 0 Å². The fourth-order valence-electron chi connectivity index (χ4n) is 3.18. The third kappa shape index (κ3) is 5.23. The molecule has 2 aromatic carbocycles. The number of halogens is 2. The van der Waals surface area contributed by atoms with Crippen molar-refractivity contribution in [1.82, 2.24) is 19.9 Å². The molecular formula is C24H19F2N5O3. The van der Waals surface area contributed by atoms with Gasteiger partial charge in [-0.3, -0.25) is 4.79 Å². The predicted molar refractivity (Wildman–Crippen MR) is 119 cm³/mol. The summed E-state index contributed by atoms with van der Waals surface area (Å²) in [5.41, 5.74) is 1.55. The first kappa shape index (κ1) is 22.6. The summed E-state index contributed by atoms with van der Waals surface area (Å²) in [6, 6.07) is 13.4. The van der Waals surface area contributed by atoms with Gasteiger partial charge in [-0.05, 0) is 42.0 Å². The number of carbonyl (C=O) groups is 2. The van der Waals surface area contributed by atoms with E-state index in [0.717, 1.165) is 12.1 Å². The van der Waals surface area contributed by atoms with Crippen LogP contribution in [0.3, 0.4) is 0 Å². The summed E-state index contributed by atoms with van der Waals surface area (Å²) < 4.78 is 33.5. The number of imidazole rings is 1. The minimum Gasteiger partial charge on any atom is -0.441 e. The van der Waals surface area contributed by atoms with Crippen LogP contribution in [-0.2, 0) is 11.3 Å². The summed E-state index contributed by atoms with van der Waals surface area (Å²) in [7, 11) is 0. The van der Waals surface area contributed by atoms with Crippen LogP contribution in [0.2, 0.25) is 0 Å². The van der Waals surface area contributed by atoms with Crippen LogP contribution < -0.4 is 10.6 Å². The van der Waals surface area contributed by atoms with E-state index in [2.05, 4.69) is 20.6 Å². The molecule has 0 unspecified atom stereocenters. The molecule has 1 amide bonds. The third-order valence-electron chi connectivity index (χ3n) is 4.84. The predicted octanol–water partition coefficient (Wildman–Crippen LogP) is 3.70. The minimum atomic E-state index is -0.994. The summed E-state index contributed by atoms with van der Waals surface area (Å²) in [5.74, 6) is -2.82. The van der Waals surface area contributed by atoms with E-state index in [1.807, 2.05) is 0 Å². The van der Waals surface area contributed by atoms with Gasteiger partial charge in [0.1, 0.15) is 5.82 Å². The largest absolute Gasteiger partial charge is 0.441 e. The van der Waals surface area contributed by atoms with Crippen LogP contribution >= 0.6 is 0 Å². The van der Waals surface area contributed by atoms with Gasteiger partial charge in [-0.2, -0.15) is 0 Å². The normalized spacial score (nSPS) is 10.5. The van der Waals surface area contributed by atoms with Gasteiger partial charge in [0.25, 0.3) is 5.91 Å². The molecule has 4 aromatic rings. The Morgan fingerprint density at radius 2 is 1.79 bits per heavy atom. The molecule has 34 heavy (non-hydrogen) atoms. The van der Waals surface area contributed by atoms with Crippen molar-refractivity contribution in [2.45, 2.75) is 6.54 Å². The van der Waals surface area contributed by atoms with E-state index in [1.54, 1.807) is 53.6 Å². The van der Waals surface area contributed by atoms with Crippen LogP contribution in [0.5, 0.6) is 0 Å². The van der Waals surface area contributed by atoms with Gasteiger partial charge in [0.15, 0.2) is 18.4 Å². The number of benzene rings is 2. The number of esters is 1. The van der Waals surface area contributed by atoms with Crippen LogP contribution in [0.4, 0.5) is 14.6 Å². The molecule has 172 valence electrons. The van der Waals surface area contributed by atoms with Crippen molar-refractivity contribution in [2.75, 3.05) is 12.0 Å². The van der Waals surface area contributed by atoms with Crippen molar-refractivity contribution < 1.29 is 23.1 Å². The van der Waals surface area contributed by atoms with Crippen molar-refractivity contribution in [3.63, 3.8) is 0 Å². The molecule has 0 saturated carbocycles. The zero-order valence-corrected chi connectivity index (χ0v) is 17.7. The molecule has 10 heteroatoms. The number of ether oxygens (including phenoxy) is 1. The molecule has 0 radical (unpaired) electrons. The number of aromatic nitrogens is 3. The SMILES string of the molecule is O=C(OCNc1ncccc1C(=O)NCc1ccc(F)c(F)c1)c1ccccc1-n1ccnc1. The molecule has 0 aliphatic rings. The Hall–Kier alpha value is -4.60. The molecule has 0 saturated heterocycles. The lowest BCUT2D eigenvalue weighted by molar-refractivity contribution is 0.0533. The first-order valence-corrected chi connectivity index (χ1v) is 10.2. The molecule has 0 fully saturated rings. The second-order valence-electron chi connectivity index (χ2n) is 7.07. The smallest absolute Gasteiger partial charge is 0.341 e. The average molecular weight is 463 g/mol. The van der Waals surface area contributed by atoms with E-state index in [4.69, 9.17) is 4.74 Å². The maximum atomic E-state index is 13.4. The number of hydrogen-bond donors (Lipinski definition) is 2. The van der Waals surface area contributed by atoms with Crippen LogP contribution in [0.1, 0.15) is 26.3 Å². The molecule has 2 N–H and O–H groups in total. The number of nitrogens with zero attached hydrogens (tertiary/aromatic N) is 3. The van der Waals surface area contributed by atoms with E-state index in [1.165, 1.54) is 18.3 Å². The maximum absolute atomic E-state index is 13.4. The highest BCUT2D eigenvalue weighted by molar-refractivity contribution is 5.98. The molecule has 0 atom stereocenters. The van der Waals surface area contributed by atoms with Gasteiger partial charge in [-0.25, -0.2) is 23.5 Å². The van der Waals surface area contributed by atoms with Gasteiger partial charge >= 0.3 is 5.97 Å². The molecule has 8 nitrogen and oxygen atoms in total. The van der Waals surface area contributed by atoms with Crippen LogP contribution in [0.15, 0.2) is 79.5 Å². The highest BCUT2D eigenvalue weighted by atomic mass is 19.2. The Bertz CT molecular complexity index is 1310. The van der Waals surface area contributed by atoms with Crippen molar-refractivity contribution in [3.8, 4) is 5.69 Å². The molecule has 0 aliphatic carbocycles. The van der Waals surface area contributed by atoms with Crippen molar-refractivity contribution in [2.24, 2.45) is 0 Å². The first-order chi connectivity index (χ1) is 16.5. The fraction of sp³-hybridized carbons (Fsp3) is 0.0833. The Balaban J connectivity index is 1.38. The quantitative estimate of drug-likeness (QED) is 0.306. The number of hydrogen-bond acceptors (Lipinski definition) is 6. The van der Waals surface area contributed by atoms with Gasteiger partial charge in [-0.1, -0.05) is 18.2 Å². The number of rotatable bonds is 8. The molecule has 4 rings (SSSR count). The first-order valence-electron chi connectivity index (χ1n) is 10.2. The molecule has 0 spiro atoms. The lowest BCUT2D eigenvalue weighted by Crippen LogP contribution is -2.25. The van der Waals surface area contributed by atoms with E-state index >= 15 is 0 Å². The van der Waals surface area contributed by atoms with E-state index in [9.17, 15) is 18.4 Å². The maximum Gasteiger partial charge on any atom is 0.341 e. The molecule has 0 aliphatic heterocycles. The zero-order valence-electron chi connectivity index (χ0n) is 17.7. The molecule has 2 aromatic heterocycles. The van der Waals surface area contributed by atoms with Gasteiger partial charge in [0.05, 0.1) is 23.1 Å². The number of carbonyl (C=O) groups excluding carboxylic acids is 2. The minimum absolute atomic E-state index is 0.00954.